The summed E-state index contributed by atoms with van der Waals surface area (Å²) in [6.07, 6.45) is 4.86. The highest BCUT2D eigenvalue weighted by Crippen LogP contribution is 2.31. The Morgan fingerprint density at radius 3 is 2.88 bits per heavy atom. The third-order valence-corrected chi connectivity index (χ3v) is 3.51. The number of rotatable bonds is 4. The molecule has 1 fully saturated rings. The van der Waals surface area contributed by atoms with Gasteiger partial charge in [-0.2, -0.15) is 0 Å². The number of hydrogen-bond donors (Lipinski definition) is 0. The van der Waals surface area contributed by atoms with Gasteiger partial charge in [0.25, 0.3) is 0 Å². The van der Waals surface area contributed by atoms with Gasteiger partial charge in [0.15, 0.2) is 0 Å². The normalized spacial score (nSPS) is 35.1. The SMILES string of the molecule is CC1CCC(C)(COCC2=C(F)CCC2)O1. The molecule has 0 saturated carbocycles. The van der Waals surface area contributed by atoms with Crippen molar-refractivity contribution < 1.29 is 13.9 Å². The van der Waals surface area contributed by atoms with Gasteiger partial charge in [-0.05, 0) is 51.5 Å². The summed E-state index contributed by atoms with van der Waals surface area (Å²) in [6.45, 7) is 5.19. The van der Waals surface area contributed by atoms with Gasteiger partial charge in [0.05, 0.1) is 24.9 Å². The second-order valence-corrected chi connectivity index (χ2v) is 5.27. The summed E-state index contributed by atoms with van der Waals surface area (Å²) in [5, 5.41) is 0. The van der Waals surface area contributed by atoms with Crippen molar-refractivity contribution in [3.63, 3.8) is 0 Å². The molecule has 16 heavy (non-hydrogen) atoms. The number of ether oxygens (including phenoxy) is 2. The molecule has 0 aromatic carbocycles. The van der Waals surface area contributed by atoms with E-state index in [0.29, 0.717) is 25.7 Å². The molecule has 92 valence electrons. The Morgan fingerprint density at radius 2 is 2.31 bits per heavy atom. The lowest BCUT2D eigenvalue weighted by Gasteiger charge is -2.24. The number of halogens is 1. The van der Waals surface area contributed by atoms with E-state index in [2.05, 4.69) is 13.8 Å². The average Bonchev–Trinajstić information content (AvgIpc) is 2.75. The Bertz CT molecular complexity index is 288. The Labute approximate surface area is 96.8 Å². The Morgan fingerprint density at radius 1 is 1.50 bits per heavy atom. The molecule has 1 saturated heterocycles. The molecule has 0 aromatic heterocycles. The van der Waals surface area contributed by atoms with Gasteiger partial charge < -0.3 is 9.47 Å². The van der Waals surface area contributed by atoms with Crippen molar-refractivity contribution in [3.8, 4) is 0 Å². The molecule has 0 spiro atoms. The molecule has 1 aliphatic carbocycles. The summed E-state index contributed by atoms with van der Waals surface area (Å²) in [7, 11) is 0. The minimum atomic E-state index is -0.158. The highest BCUT2D eigenvalue weighted by Gasteiger charge is 2.34. The quantitative estimate of drug-likeness (QED) is 0.734. The Balaban J connectivity index is 1.74. The van der Waals surface area contributed by atoms with Crippen LogP contribution in [0.4, 0.5) is 4.39 Å². The van der Waals surface area contributed by atoms with Gasteiger partial charge in [0.2, 0.25) is 0 Å². The van der Waals surface area contributed by atoms with E-state index in [1.54, 1.807) is 0 Å². The van der Waals surface area contributed by atoms with E-state index in [1.807, 2.05) is 0 Å². The highest BCUT2D eigenvalue weighted by molar-refractivity contribution is 5.13. The van der Waals surface area contributed by atoms with Crippen molar-refractivity contribution in [2.75, 3.05) is 13.2 Å². The van der Waals surface area contributed by atoms with Crippen LogP contribution in [0, 0.1) is 0 Å². The first-order chi connectivity index (χ1) is 7.59. The van der Waals surface area contributed by atoms with Crippen molar-refractivity contribution in [3.05, 3.63) is 11.4 Å². The second kappa shape index (κ2) is 4.84. The maximum Gasteiger partial charge on any atom is 0.101 e. The predicted octanol–water partition coefficient (Wildman–Crippen LogP) is 3.37. The smallest absolute Gasteiger partial charge is 0.101 e. The molecule has 2 nitrogen and oxygen atoms in total. The lowest BCUT2D eigenvalue weighted by molar-refractivity contribution is -0.0720. The fourth-order valence-corrected chi connectivity index (χ4v) is 2.53. The zero-order valence-electron chi connectivity index (χ0n) is 10.2. The van der Waals surface area contributed by atoms with Gasteiger partial charge in [0.1, 0.15) is 5.83 Å². The molecule has 0 aromatic rings. The molecule has 0 N–H and O–H groups in total. The van der Waals surface area contributed by atoms with Crippen LogP contribution in [0.3, 0.4) is 0 Å². The van der Waals surface area contributed by atoms with Crippen LogP contribution in [0.2, 0.25) is 0 Å². The van der Waals surface area contributed by atoms with Gasteiger partial charge in [-0.25, -0.2) is 4.39 Å². The first-order valence-corrected chi connectivity index (χ1v) is 6.21. The van der Waals surface area contributed by atoms with Gasteiger partial charge in [-0.15, -0.1) is 0 Å². The lowest BCUT2D eigenvalue weighted by atomic mass is 10.0. The van der Waals surface area contributed by atoms with Crippen LogP contribution in [0.15, 0.2) is 11.4 Å². The minimum Gasteiger partial charge on any atom is -0.374 e. The summed E-state index contributed by atoms with van der Waals surface area (Å²) in [6, 6.07) is 0. The van der Waals surface area contributed by atoms with Crippen molar-refractivity contribution in [2.24, 2.45) is 0 Å². The zero-order chi connectivity index (χ0) is 11.6. The van der Waals surface area contributed by atoms with Gasteiger partial charge >= 0.3 is 0 Å². The van der Waals surface area contributed by atoms with Crippen LogP contribution >= 0.6 is 0 Å². The third-order valence-electron chi connectivity index (χ3n) is 3.51. The minimum absolute atomic E-state index is 0.0471. The van der Waals surface area contributed by atoms with Gasteiger partial charge in [0, 0.05) is 0 Å². The second-order valence-electron chi connectivity index (χ2n) is 5.27. The van der Waals surface area contributed by atoms with Crippen LogP contribution in [-0.2, 0) is 9.47 Å². The van der Waals surface area contributed by atoms with E-state index in [1.165, 1.54) is 0 Å². The molecule has 2 atom stereocenters. The molecule has 1 heterocycles. The van der Waals surface area contributed by atoms with Crippen LogP contribution in [-0.4, -0.2) is 24.9 Å². The van der Waals surface area contributed by atoms with Crippen LogP contribution in [0.1, 0.15) is 46.0 Å². The van der Waals surface area contributed by atoms with Crippen molar-refractivity contribution in [1.29, 1.82) is 0 Å². The fraction of sp³-hybridized carbons (Fsp3) is 0.846. The maximum atomic E-state index is 13.2. The van der Waals surface area contributed by atoms with Crippen LogP contribution in [0.5, 0.6) is 0 Å². The van der Waals surface area contributed by atoms with Gasteiger partial charge in [-0.3, -0.25) is 0 Å². The molecule has 0 radical (unpaired) electrons. The van der Waals surface area contributed by atoms with E-state index in [9.17, 15) is 4.39 Å². The van der Waals surface area contributed by atoms with Gasteiger partial charge in [-0.1, -0.05) is 0 Å². The fourth-order valence-electron chi connectivity index (χ4n) is 2.53. The monoisotopic (exact) mass is 228 g/mol. The first kappa shape index (κ1) is 12.1. The summed E-state index contributed by atoms with van der Waals surface area (Å²) >= 11 is 0. The molecular formula is C13H21FO2. The third kappa shape index (κ3) is 2.83. The van der Waals surface area contributed by atoms with Crippen molar-refractivity contribution in [2.45, 2.75) is 57.7 Å². The molecule has 0 amide bonds. The van der Waals surface area contributed by atoms with E-state index in [4.69, 9.17) is 9.47 Å². The van der Waals surface area contributed by atoms with E-state index in [-0.39, 0.29) is 11.4 Å². The molecule has 2 aliphatic rings. The maximum absolute atomic E-state index is 13.2. The van der Waals surface area contributed by atoms with E-state index < -0.39 is 0 Å². The summed E-state index contributed by atoms with van der Waals surface area (Å²) < 4.78 is 24.6. The lowest BCUT2D eigenvalue weighted by Crippen LogP contribution is -2.31. The molecule has 0 bridgehead atoms. The zero-order valence-corrected chi connectivity index (χ0v) is 10.2. The molecule has 1 aliphatic heterocycles. The van der Waals surface area contributed by atoms with E-state index in [0.717, 1.165) is 31.3 Å². The standard InChI is InChI=1S/C13H21FO2/c1-10-6-7-13(2,16-10)9-15-8-11-4-3-5-12(11)14/h10H,3-9H2,1-2H3. The van der Waals surface area contributed by atoms with Crippen LogP contribution in [0.25, 0.3) is 0 Å². The summed E-state index contributed by atoms with van der Waals surface area (Å²) in [4.78, 5) is 0. The number of hydrogen-bond acceptors (Lipinski definition) is 2. The molecule has 2 unspecified atom stereocenters. The Kier molecular flexibility index (Phi) is 3.65. The highest BCUT2D eigenvalue weighted by atomic mass is 19.1. The average molecular weight is 228 g/mol. The summed E-state index contributed by atoms with van der Waals surface area (Å²) in [5.74, 6) is 0.0471. The largest absolute Gasteiger partial charge is 0.374 e. The van der Waals surface area contributed by atoms with Crippen molar-refractivity contribution >= 4 is 0 Å². The van der Waals surface area contributed by atoms with Crippen molar-refractivity contribution in [1.82, 2.24) is 0 Å². The topological polar surface area (TPSA) is 18.5 Å². The number of allylic oxidation sites excluding steroid dienone is 1. The van der Waals surface area contributed by atoms with Crippen LogP contribution < -0.4 is 0 Å². The summed E-state index contributed by atoms with van der Waals surface area (Å²) in [5.41, 5.74) is 0.698. The molecule has 2 rings (SSSR count). The Hall–Kier alpha value is -0.410. The molecule has 3 heteroatoms. The predicted molar refractivity (Wildman–Crippen MR) is 61.0 cm³/mol. The first-order valence-electron chi connectivity index (χ1n) is 6.21. The molecular weight excluding hydrogens is 207 g/mol. The van der Waals surface area contributed by atoms with E-state index >= 15 is 0 Å².